The number of hydrogen-bond acceptors (Lipinski definition) is 6. The van der Waals surface area contributed by atoms with Gasteiger partial charge in [-0.05, 0) is 32.0 Å². The fourth-order valence-corrected chi connectivity index (χ4v) is 2.77. The molecule has 19 heavy (non-hydrogen) atoms. The summed E-state index contributed by atoms with van der Waals surface area (Å²) in [5.74, 6) is 0.946. The second-order valence-electron chi connectivity index (χ2n) is 4.16. The Labute approximate surface area is 113 Å². The highest BCUT2D eigenvalue weighted by atomic mass is 32.1. The van der Waals surface area contributed by atoms with Crippen LogP contribution < -0.4 is 0 Å². The van der Waals surface area contributed by atoms with E-state index < -0.39 is 0 Å². The van der Waals surface area contributed by atoms with Gasteiger partial charge in [-0.2, -0.15) is 4.98 Å². The molecule has 96 valence electrons. The van der Waals surface area contributed by atoms with Crippen LogP contribution in [0.4, 0.5) is 11.7 Å². The number of benzene rings is 1. The number of nitrogens with zero attached hydrogens (tertiary/aromatic N) is 3. The molecule has 2 aromatic heterocycles. The van der Waals surface area contributed by atoms with Crippen molar-refractivity contribution in [2.45, 2.75) is 13.8 Å². The number of fused-ring (bicyclic) bond motifs is 1. The van der Waals surface area contributed by atoms with Crippen LogP contribution in [0.2, 0.25) is 0 Å². The molecule has 0 radical (unpaired) electrons. The smallest absolute Gasteiger partial charge is 0.341 e. The van der Waals surface area contributed by atoms with Crippen LogP contribution in [-0.2, 0) is 0 Å². The lowest BCUT2D eigenvalue weighted by molar-refractivity contribution is 0.482. The second kappa shape index (κ2) is 4.47. The lowest BCUT2D eigenvalue weighted by Crippen LogP contribution is -1.68. The van der Waals surface area contributed by atoms with E-state index in [0.717, 1.165) is 15.0 Å². The molecule has 1 N–H and O–H groups in total. The van der Waals surface area contributed by atoms with E-state index in [1.54, 1.807) is 36.6 Å². The van der Waals surface area contributed by atoms with Crippen molar-refractivity contribution in [2.24, 2.45) is 10.2 Å². The Morgan fingerprint density at radius 2 is 2.11 bits per heavy atom. The normalized spacial score (nSPS) is 11.7. The van der Waals surface area contributed by atoms with Gasteiger partial charge in [0.1, 0.15) is 17.2 Å². The molecule has 2 heterocycles. The van der Waals surface area contributed by atoms with Crippen molar-refractivity contribution in [3.63, 3.8) is 0 Å². The monoisotopic (exact) mass is 273 g/mol. The zero-order chi connectivity index (χ0) is 13.4. The van der Waals surface area contributed by atoms with Crippen LogP contribution in [0.15, 0.2) is 39.0 Å². The maximum absolute atomic E-state index is 9.80. The van der Waals surface area contributed by atoms with Gasteiger partial charge in [0.2, 0.25) is 0 Å². The average molecular weight is 273 g/mol. The molecule has 0 amide bonds. The highest BCUT2D eigenvalue weighted by Crippen LogP contribution is 2.39. The zero-order valence-corrected chi connectivity index (χ0v) is 11.2. The Kier molecular flexibility index (Phi) is 2.79. The Hall–Kier alpha value is -2.21. The number of phenolic OH excluding ortho intramolecular Hbond substituents is 1. The molecule has 3 rings (SSSR count). The van der Waals surface area contributed by atoms with E-state index in [4.69, 9.17) is 4.42 Å². The molecular weight excluding hydrogens is 262 g/mol. The fourth-order valence-electron chi connectivity index (χ4n) is 1.78. The molecule has 0 aliphatic heterocycles. The van der Waals surface area contributed by atoms with E-state index in [0.29, 0.717) is 11.4 Å². The molecule has 0 bridgehead atoms. The topological polar surface area (TPSA) is 71.0 Å². The molecular formula is C13H11N3O2S. The molecule has 0 atom stereocenters. The van der Waals surface area contributed by atoms with Crippen LogP contribution in [0.25, 0.3) is 10.1 Å². The highest BCUT2D eigenvalue weighted by molar-refractivity contribution is 7.19. The Bertz CT molecular complexity index is 773. The minimum Gasteiger partial charge on any atom is -0.507 e. The third-order valence-corrected chi connectivity index (χ3v) is 3.69. The maximum atomic E-state index is 9.80. The number of oxazole rings is 1. The van der Waals surface area contributed by atoms with Crippen LogP contribution in [0.5, 0.6) is 5.75 Å². The lowest BCUT2D eigenvalue weighted by atomic mass is 10.2. The lowest BCUT2D eigenvalue weighted by Gasteiger charge is -1.97. The molecule has 3 aromatic rings. The number of hydrogen-bond donors (Lipinski definition) is 1. The van der Waals surface area contributed by atoms with Crippen molar-refractivity contribution in [1.29, 1.82) is 0 Å². The Balaban J connectivity index is 2.05. The van der Waals surface area contributed by atoms with E-state index in [1.807, 2.05) is 13.0 Å². The summed E-state index contributed by atoms with van der Waals surface area (Å²) in [6, 6.07) is 5.51. The number of aromatic hydroxyl groups is 1. The summed E-state index contributed by atoms with van der Waals surface area (Å²) in [6.45, 7) is 3.79. The van der Waals surface area contributed by atoms with Gasteiger partial charge in [-0.1, -0.05) is 5.11 Å². The van der Waals surface area contributed by atoms with Gasteiger partial charge in [0.05, 0.1) is 10.9 Å². The number of phenols is 1. The van der Waals surface area contributed by atoms with Gasteiger partial charge >= 0.3 is 6.01 Å². The summed E-state index contributed by atoms with van der Waals surface area (Å²) < 4.78 is 6.14. The molecule has 0 spiro atoms. The first kappa shape index (κ1) is 11.9. The summed E-state index contributed by atoms with van der Waals surface area (Å²) in [4.78, 5) is 5.07. The quantitative estimate of drug-likeness (QED) is 0.692. The van der Waals surface area contributed by atoms with Crippen LogP contribution in [0.3, 0.4) is 0 Å². The minimum atomic E-state index is 0.229. The highest BCUT2D eigenvalue weighted by Gasteiger charge is 2.08. The maximum Gasteiger partial charge on any atom is 0.341 e. The Morgan fingerprint density at radius 3 is 2.84 bits per heavy atom. The van der Waals surface area contributed by atoms with Crippen LogP contribution in [0.1, 0.15) is 10.6 Å². The summed E-state index contributed by atoms with van der Waals surface area (Å²) in [5.41, 5.74) is 0.696. The number of azo groups is 1. The molecule has 0 saturated carbocycles. The standard InChI is InChI=1S/C13H11N3O2S/c1-7-6-14-13(18-7)16-15-10-3-4-11(17)9-5-8(2)19-12(9)10/h3-6,17H,1-2H3/b16-15+. The van der Waals surface area contributed by atoms with Gasteiger partial charge in [-0.3, -0.25) is 0 Å². The van der Waals surface area contributed by atoms with E-state index >= 15 is 0 Å². The van der Waals surface area contributed by atoms with Gasteiger partial charge in [-0.25, -0.2) is 0 Å². The van der Waals surface area contributed by atoms with E-state index in [1.165, 1.54) is 0 Å². The molecule has 5 nitrogen and oxygen atoms in total. The zero-order valence-electron chi connectivity index (χ0n) is 10.4. The van der Waals surface area contributed by atoms with Crippen molar-refractivity contribution in [3.05, 3.63) is 35.0 Å². The summed E-state index contributed by atoms with van der Waals surface area (Å²) in [5, 5.41) is 18.7. The predicted octanol–water partition coefficient (Wildman–Crippen LogP) is 4.63. The van der Waals surface area contributed by atoms with Crippen LogP contribution in [0, 0.1) is 13.8 Å². The van der Waals surface area contributed by atoms with Gasteiger partial charge < -0.3 is 9.52 Å². The first-order chi connectivity index (χ1) is 9.13. The van der Waals surface area contributed by atoms with Crippen LogP contribution >= 0.6 is 11.3 Å². The number of aromatic nitrogens is 1. The van der Waals surface area contributed by atoms with E-state index in [-0.39, 0.29) is 11.8 Å². The Morgan fingerprint density at radius 1 is 1.26 bits per heavy atom. The fraction of sp³-hybridized carbons (Fsp3) is 0.154. The van der Waals surface area contributed by atoms with Gasteiger partial charge in [0.15, 0.2) is 0 Å². The summed E-state index contributed by atoms with van der Waals surface area (Å²) in [6.07, 6.45) is 1.59. The first-order valence-electron chi connectivity index (χ1n) is 5.70. The number of aryl methyl sites for hydroxylation is 2. The minimum absolute atomic E-state index is 0.229. The third-order valence-electron chi connectivity index (χ3n) is 2.62. The molecule has 0 aliphatic rings. The molecule has 6 heteroatoms. The molecule has 0 saturated heterocycles. The van der Waals surface area contributed by atoms with Gasteiger partial charge in [0, 0.05) is 10.3 Å². The van der Waals surface area contributed by atoms with Crippen LogP contribution in [-0.4, -0.2) is 10.1 Å². The molecule has 0 unspecified atom stereocenters. The van der Waals surface area contributed by atoms with E-state index in [2.05, 4.69) is 15.2 Å². The van der Waals surface area contributed by atoms with Crippen molar-refractivity contribution < 1.29 is 9.52 Å². The summed E-state index contributed by atoms with van der Waals surface area (Å²) >= 11 is 1.57. The van der Waals surface area contributed by atoms with Crippen molar-refractivity contribution in [3.8, 4) is 5.75 Å². The number of rotatable bonds is 2. The second-order valence-corrected chi connectivity index (χ2v) is 5.41. The van der Waals surface area contributed by atoms with Crippen molar-refractivity contribution >= 4 is 33.1 Å². The largest absolute Gasteiger partial charge is 0.507 e. The third kappa shape index (κ3) is 2.22. The van der Waals surface area contributed by atoms with Crippen molar-refractivity contribution in [1.82, 2.24) is 4.98 Å². The van der Waals surface area contributed by atoms with Gasteiger partial charge in [0.25, 0.3) is 0 Å². The predicted molar refractivity (Wildman–Crippen MR) is 73.6 cm³/mol. The first-order valence-corrected chi connectivity index (χ1v) is 6.51. The number of thiophene rings is 1. The summed E-state index contributed by atoms with van der Waals surface area (Å²) in [7, 11) is 0. The van der Waals surface area contributed by atoms with Gasteiger partial charge in [-0.15, -0.1) is 16.5 Å². The molecule has 0 fully saturated rings. The molecule has 0 aliphatic carbocycles. The van der Waals surface area contributed by atoms with E-state index in [9.17, 15) is 5.11 Å². The van der Waals surface area contributed by atoms with Crippen molar-refractivity contribution in [2.75, 3.05) is 0 Å². The average Bonchev–Trinajstić information content (AvgIpc) is 2.95. The molecule has 1 aromatic carbocycles. The SMILES string of the molecule is Cc1cnc(/N=N/c2ccc(O)c3cc(C)sc23)o1.